The Morgan fingerprint density at radius 2 is 2.08 bits per heavy atom. The van der Waals surface area contributed by atoms with Crippen molar-refractivity contribution >= 4 is 17.2 Å². The van der Waals surface area contributed by atoms with E-state index in [2.05, 4.69) is 5.38 Å². The van der Waals surface area contributed by atoms with E-state index in [9.17, 15) is 4.79 Å². The van der Waals surface area contributed by atoms with E-state index >= 15 is 0 Å². The van der Waals surface area contributed by atoms with Gasteiger partial charge in [0.2, 0.25) is 5.91 Å². The maximum absolute atomic E-state index is 11.3. The highest BCUT2D eigenvalue weighted by atomic mass is 32.1. The molecule has 0 aliphatic carbocycles. The molecule has 3 rings (SSSR count). The zero-order chi connectivity index (χ0) is 17.8. The van der Waals surface area contributed by atoms with Gasteiger partial charge in [-0.15, -0.1) is 11.3 Å². The van der Waals surface area contributed by atoms with Crippen molar-refractivity contribution in [2.45, 2.75) is 19.4 Å². The second-order valence-corrected chi connectivity index (χ2v) is 7.15. The number of carbonyl (C=O) groups excluding carboxylic acids is 1. The number of ether oxygens (including phenoxy) is 2. The first-order valence-corrected chi connectivity index (χ1v) is 9.29. The monoisotopic (exact) mass is 362 g/mol. The van der Waals surface area contributed by atoms with Gasteiger partial charge in [0.15, 0.2) is 11.5 Å². The van der Waals surface area contributed by atoms with Gasteiger partial charge in [0.05, 0.1) is 32.9 Å². The van der Waals surface area contributed by atoms with Crippen LogP contribution >= 0.6 is 11.3 Å². The summed E-state index contributed by atoms with van der Waals surface area (Å²) in [4.78, 5) is 17.5. The lowest BCUT2D eigenvalue weighted by Gasteiger charge is -2.27. The van der Waals surface area contributed by atoms with Crippen LogP contribution in [0.3, 0.4) is 0 Å². The quantitative estimate of drug-likeness (QED) is 0.807. The van der Waals surface area contributed by atoms with Gasteiger partial charge >= 0.3 is 0 Å². The summed E-state index contributed by atoms with van der Waals surface area (Å²) in [7, 11) is 3.27. The molecule has 0 unspecified atom stereocenters. The molecule has 1 amide bonds. The van der Waals surface area contributed by atoms with Gasteiger partial charge in [0.1, 0.15) is 17.2 Å². The van der Waals surface area contributed by atoms with Crippen molar-refractivity contribution < 1.29 is 19.2 Å². The van der Waals surface area contributed by atoms with Crippen molar-refractivity contribution in [2.75, 3.05) is 27.3 Å². The second kappa shape index (κ2) is 7.84. The Morgan fingerprint density at radius 3 is 2.72 bits per heavy atom. The molecule has 7 heteroatoms. The number of hydrogen-bond donors (Lipinski definition) is 2. The Balaban J connectivity index is 1.70. The summed E-state index contributed by atoms with van der Waals surface area (Å²) in [6.07, 6.45) is 1.73. The summed E-state index contributed by atoms with van der Waals surface area (Å²) in [6.45, 7) is 2.79. The number of methoxy groups -OCH3 is 2. The minimum atomic E-state index is -0.167. The summed E-state index contributed by atoms with van der Waals surface area (Å²) in [5.41, 5.74) is 7.41. The number of para-hydroxylation sites is 1. The van der Waals surface area contributed by atoms with Crippen LogP contribution in [0.15, 0.2) is 23.6 Å². The van der Waals surface area contributed by atoms with Crippen molar-refractivity contribution in [3.05, 3.63) is 29.3 Å². The minimum absolute atomic E-state index is 0.0378. The molecule has 1 aliphatic heterocycles. The number of primary amides is 1. The second-order valence-electron chi connectivity index (χ2n) is 6.29. The fourth-order valence-corrected chi connectivity index (χ4v) is 4.15. The molecule has 2 heterocycles. The molecular formula is C18H24N3O3S+. The Hall–Kier alpha value is -2.12. The van der Waals surface area contributed by atoms with Crippen LogP contribution in [0.25, 0.3) is 10.6 Å². The van der Waals surface area contributed by atoms with Gasteiger partial charge in [-0.05, 0) is 12.1 Å². The Morgan fingerprint density at radius 1 is 1.32 bits per heavy atom. The number of nitrogens with zero attached hydrogens (tertiary/aromatic N) is 1. The lowest BCUT2D eigenvalue weighted by Crippen LogP contribution is -3.11. The fourth-order valence-electron chi connectivity index (χ4n) is 3.31. The first kappa shape index (κ1) is 17.7. The van der Waals surface area contributed by atoms with Crippen LogP contribution in [0.4, 0.5) is 0 Å². The van der Waals surface area contributed by atoms with Gasteiger partial charge in [-0.3, -0.25) is 4.79 Å². The molecule has 1 saturated heterocycles. The van der Waals surface area contributed by atoms with Gasteiger partial charge in [0.25, 0.3) is 0 Å². The van der Waals surface area contributed by atoms with E-state index in [4.69, 9.17) is 20.2 Å². The number of nitrogens with two attached hydrogens (primary N) is 1. The van der Waals surface area contributed by atoms with E-state index in [-0.39, 0.29) is 11.8 Å². The summed E-state index contributed by atoms with van der Waals surface area (Å²) >= 11 is 1.61. The third kappa shape index (κ3) is 3.93. The predicted molar refractivity (Wildman–Crippen MR) is 97.0 cm³/mol. The Labute approximate surface area is 151 Å². The molecule has 2 aromatic rings. The number of aromatic nitrogens is 1. The smallest absolute Gasteiger partial charge is 0.220 e. The van der Waals surface area contributed by atoms with Crippen LogP contribution < -0.4 is 20.1 Å². The van der Waals surface area contributed by atoms with E-state index in [1.165, 1.54) is 4.90 Å². The number of rotatable bonds is 6. The average Bonchev–Trinajstić information content (AvgIpc) is 3.09. The molecule has 1 aromatic heterocycles. The number of nitrogens with one attached hydrogen (secondary N) is 1. The number of amides is 1. The number of piperidine rings is 1. The van der Waals surface area contributed by atoms with Gasteiger partial charge < -0.3 is 20.1 Å². The van der Waals surface area contributed by atoms with Crippen LogP contribution in [0.1, 0.15) is 18.5 Å². The molecule has 1 fully saturated rings. The predicted octanol–water partition coefficient (Wildman–Crippen LogP) is 1.11. The molecule has 0 spiro atoms. The number of hydrogen-bond acceptors (Lipinski definition) is 5. The van der Waals surface area contributed by atoms with Crippen molar-refractivity contribution in [1.29, 1.82) is 0 Å². The Kier molecular flexibility index (Phi) is 5.55. The molecule has 3 N–H and O–H groups in total. The molecule has 25 heavy (non-hydrogen) atoms. The lowest BCUT2D eigenvalue weighted by molar-refractivity contribution is -0.919. The Bertz CT molecular complexity index is 739. The number of carbonyl (C=O) groups is 1. The third-order valence-corrected chi connectivity index (χ3v) is 5.64. The van der Waals surface area contributed by atoms with Crippen LogP contribution in [0.2, 0.25) is 0 Å². The van der Waals surface area contributed by atoms with E-state index in [0.717, 1.165) is 48.7 Å². The minimum Gasteiger partial charge on any atom is -0.493 e. The highest BCUT2D eigenvalue weighted by Crippen LogP contribution is 2.38. The summed E-state index contributed by atoms with van der Waals surface area (Å²) in [5, 5.41) is 3.03. The summed E-state index contributed by atoms with van der Waals surface area (Å²) in [5.74, 6) is 1.28. The van der Waals surface area contributed by atoms with Crippen LogP contribution in [-0.2, 0) is 11.3 Å². The molecule has 0 atom stereocenters. The molecule has 0 radical (unpaired) electrons. The SMILES string of the molecule is COc1cccc(-c2nc(C[NH+]3CCC(C(N)=O)CC3)cs2)c1OC. The zero-order valence-corrected chi connectivity index (χ0v) is 15.4. The van der Waals surface area contributed by atoms with E-state index < -0.39 is 0 Å². The van der Waals surface area contributed by atoms with Gasteiger partial charge in [-0.2, -0.15) is 0 Å². The molecular weight excluding hydrogens is 338 g/mol. The van der Waals surface area contributed by atoms with Gasteiger partial charge in [-0.1, -0.05) is 6.07 Å². The van der Waals surface area contributed by atoms with Crippen LogP contribution in [0.5, 0.6) is 11.5 Å². The zero-order valence-electron chi connectivity index (χ0n) is 14.6. The standard InChI is InChI=1S/C18H23N3O3S/c1-23-15-5-3-4-14(16(15)24-2)18-20-13(11-25-18)10-21-8-6-12(7-9-21)17(19)22/h3-5,11-12H,6-10H2,1-2H3,(H2,19,22)/p+1. The van der Waals surface area contributed by atoms with Crippen molar-refractivity contribution in [3.8, 4) is 22.1 Å². The van der Waals surface area contributed by atoms with E-state index in [1.54, 1.807) is 25.6 Å². The first-order chi connectivity index (χ1) is 12.1. The normalized spacial score (nSPS) is 20.2. The molecule has 1 aliphatic rings. The number of benzene rings is 1. The maximum atomic E-state index is 11.3. The first-order valence-electron chi connectivity index (χ1n) is 8.41. The highest BCUT2D eigenvalue weighted by molar-refractivity contribution is 7.13. The molecule has 134 valence electrons. The van der Waals surface area contributed by atoms with E-state index in [0.29, 0.717) is 11.5 Å². The van der Waals surface area contributed by atoms with Crippen LogP contribution in [-0.4, -0.2) is 38.2 Å². The molecule has 0 bridgehead atoms. The number of thiazole rings is 1. The average molecular weight is 362 g/mol. The van der Waals surface area contributed by atoms with Gasteiger partial charge in [-0.25, -0.2) is 4.98 Å². The van der Waals surface area contributed by atoms with Crippen molar-refractivity contribution in [2.24, 2.45) is 11.7 Å². The van der Waals surface area contributed by atoms with Crippen LogP contribution in [0, 0.1) is 5.92 Å². The molecule has 1 aromatic carbocycles. The third-order valence-electron chi connectivity index (χ3n) is 4.71. The topological polar surface area (TPSA) is 78.9 Å². The molecule has 0 saturated carbocycles. The van der Waals surface area contributed by atoms with E-state index in [1.807, 2.05) is 18.2 Å². The van der Waals surface area contributed by atoms with Gasteiger partial charge in [0, 0.05) is 24.1 Å². The lowest BCUT2D eigenvalue weighted by atomic mass is 9.96. The number of quaternary nitrogens is 1. The maximum Gasteiger partial charge on any atom is 0.220 e. The summed E-state index contributed by atoms with van der Waals surface area (Å²) < 4.78 is 10.9. The van der Waals surface area contributed by atoms with Crippen molar-refractivity contribution in [1.82, 2.24) is 4.98 Å². The molecule has 6 nitrogen and oxygen atoms in total. The largest absolute Gasteiger partial charge is 0.493 e. The van der Waals surface area contributed by atoms with Crippen molar-refractivity contribution in [3.63, 3.8) is 0 Å². The summed E-state index contributed by atoms with van der Waals surface area (Å²) in [6, 6.07) is 5.82. The highest BCUT2D eigenvalue weighted by Gasteiger charge is 2.26. The number of likely N-dealkylation sites (tertiary alicyclic amines) is 1. The fraction of sp³-hybridized carbons (Fsp3) is 0.444.